The SMILES string of the molecule is CC(C)=NOC(=O)Cc1cc(NC(=O)NC(N)=S)ccc1C. The van der Waals surface area contributed by atoms with Crippen LogP contribution in [0.2, 0.25) is 0 Å². The number of thiocarbonyl (C=S) groups is 1. The summed E-state index contributed by atoms with van der Waals surface area (Å²) in [6.45, 7) is 5.31. The summed E-state index contributed by atoms with van der Waals surface area (Å²) in [6, 6.07) is 4.62. The number of nitrogens with zero attached hydrogens (tertiary/aromatic N) is 1. The van der Waals surface area contributed by atoms with Gasteiger partial charge in [-0.2, -0.15) is 0 Å². The van der Waals surface area contributed by atoms with Gasteiger partial charge in [0.25, 0.3) is 0 Å². The lowest BCUT2D eigenvalue weighted by Gasteiger charge is -2.10. The zero-order valence-electron chi connectivity index (χ0n) is 12.6. The first kappa shape index (κ1) is 17.6. The molecule has 0 saturated carbocycles. The minimum Gasteiger partial charge on any atom is -0.376 e. The summed E-state index contributed by atoms with van der Waals surface area (Å²) in [5.74, 6) is -0.478. The van der Waals surface area contributed by atoms with Gasteiger partial charge >= 0.3 is 12.0 Å². The van der Waals surface area contributed by atoms with Crippen molar-refractivity contribution < 1.29 is 14.4 Å². The molecule has 0 saturated heterocycles. The summed E-state index contributed by atoms with van der Waals surface area (Å²) in [6.07, 6.45) is 0.0506. The fraction of sp³-hybridized carbons (Fsp3) is 0.286. The van der Waals surface area contributed by atoms with Gasteiger partial charge in [0, 0.05) is 5.69 Å². The normalized spacial score (nSPS) is 9.59. The Bertz CT molecular complexity index is 625. The number of carbonyl (C=O) groups is 2. The Morgan fingerprint density at radius 3 is 2.64 bits per heavy atom. The molecular weight excluding hydrogens is 304 g/mol. The summed E-state index contributed by atoms with van der Waals surface area (Å²) in [7, 11) is 0. The number of hydrogen-bond acceptors (Lipinski definition) is 5. The maximum absolute atomic E-state index is 11.7. The highest BCUT2D eigenvalue weighted by molar-refractivity contribution is 7.80. The second-order valence-electron chi connectivity index (χ2n) is 4.76. The molecule has 0 radical (unpaired) electrons. The van der Waals surface area contributed by atoms with E-state index in [1.165, 1.54) is 0 Å². The van der Waals surface area contributed by atoms with Gasteiger partial charge in [0.1, 0.15) is 0 Å². The third-order valence-electron chi connectivity index (χ3n) is 2.51. The van der Waals surface area contributed by atoms with Gasteiger partial charge in [0.2, 0.25) is 0 Å². The molecule has 1 aromatic rings. The molecule has 0 aliphatic carbocycles. The molecule has 1 rings (SSSR count). The van der Waals surface area contributed by atoms with Crippen molar-refractivity contribution in [2.24, 2.45) is 10.9 Å². The summed E-state index contributed by atoms with van der Waals surface area (Å²) < 4.78 is 0. The molecule has 0 aliphatic rings. The zero-order chi connectivity index (χ0) is 16.7. The number of hydrogen-bond donors (Lipinski definition) is 3. The second kappa shape index (κ2) is 8.08. The van der Waals surface area contributed by atoms with Crippen molar-refractivity contribution in [1.29, 1.82) is 0 Å². The van der Waals surface area contributed by atoms with Crippen LogP contribution in [-0.2, 0) is 16.1 Å². The van der Waals surface area contributed by atoms with Crippen LogP contribution in [0.5, 0.6) is 0 Å². The van der Waals surface area contributed by atoms with Crippen LogP contribution in [0.1, 0.15) is 25.0 Å². The Labute approximate surface area is 133 Å². The molecule has 2 amide bonds. The molecule has 0 fully saturated rings. The van der Waals surface area contributed by atoms with Gasteiger partial charge < -0.3 is 15.9 Å². The molecule has 22 heavy (non-hydrogen) atoms. The smallest absolute Gasteiger partial charge is 0.339 e. The average Bonchev–Trinajstić information content (AvgIpc) is 2.39. The van der Waals surface area contributed by atoms with E-state index in [-0.39, 0.29) is 11.5 Å². The fourth-order valence-corrected chi connectivity index (χ4v) is 1.64. The highest BCUT2D eigenvalue weighted by atomic mass is 32.1. The summed E-state index contributed by atoms with van der Waals surface area (Å²) >= 11 is 4.57. The van der Waals surface area contributed by atoms with E-state index in [4.69, 9.17) is 10.6 Å². The number of nitrogens with one attached hydrogen (secondary N) is 2. The van der Waals surface area contributed by atoms with Crippen LogP contribution in [0.4, 0.5) is 10.5 Å². The maximum atomic E-state index is 11.7. The lowest BCUT2D eigenvalue weighted by molar-refractivity contribution is -0.142. The highest BCUT2D eigenvalue weighted by Crippen LogP contribution is 2.16. The second-order valence-corrected chi connectivity index (χ2v) is 5.20. The molecule has 7 nitrogen and oxygen atoms in total. The van der Waals surface area contributed by atoms with E-state index in [0.29, 0.717) is 11.4 Å². The number of urea groups is 1. The van der Waals surface area contributed by atoms with Crippen molar-refractivity contribution in [3.05, 3.63) is 29.3 Å². The van der Waals surface area contributed by atoms with Crippen molar-refractivity contribution >= 4 is 40.7 Å². The van der Waals surface area contributed by atoms with Crippen LogP contribution in [0.3, 0.4) is 0 Å². The molecule has 0 spiro atoms. The number of aryl methyl sites for hydroxylation is 1. The van der Waals surface area contributed by atoms with Gasteiger partial charge in [-0.05, 0) is 56.2 Å². The summed E-state index contributed by atoms with van der Waals surface area (Å²) in [4.78, 5) is 28.0. The van der Waals surface area contributed by atoms with Gasteiger partial charge in [0.15, 0.2) is 5.11 Å². The number of rotatable bonds is 4. The standard InChI is InChI=1S/C14H18N4O3S/c1-8(2)18-21-12(19)7-10-6-11(5-4-9(10)3)16-14(20)17-13(15)22/h4-6H,7H2,1-3H3,(H4,15,16,17,20,22). The number of anilines is 1. The minimum absolute atomic E-state index is 0.0506. The highest BCUT2D eigenvalue weighted by Gasteiger charge is 2.10. The fourth-order valence-electron chi connectivity index (χ4n) is 1.54. The Morgan fingerprint density at radius 2 is 2.05 bits per heavy atom. The van der Waals surface area contributed by atoms with Gasteiger partial charge in [-0.3, -0.25) is 5.32 Å². The first-order chi connectivity index (χ1) is 10.3. The third-order valence-corrected chi connectivity index (χ3v) is 2.61. The van der Waals surface area contributed by atoms with Crippen LogP contribution < -0.4 is 16.4 Å². The monoisotopic (exact) mass is 322 g/mol. The van der Waals surface area contributed by atoms with E-state index in [2.05, 4.69) is 28.0 Å². The van der Waals surface area contributed by atoms with Gasteiger partial charge in [-0.25, -0.2) is 9.59 Å². The average molecular weight is 322 g/mol. The lowest BCUT2D eigenvalue weighted by Crippen LogP contribution is -2.37. The van der Waals surface area contributed by atoms with Gasteiger partial charge in [-0.15, -0.1) is 0 Å². The molecule has 0 bridgehead atoms. The molecule has 1 aromatic carbocycles. The summed E-state index contributed by atoms with van der Waals surface area (Å²) in [5.41, 5.74) is 7.99. The Balaban J connectivity index is 2.77. The van der Waals surface area contributed by atoms with Gasteiger partial charge in [0.05, 0.1) is 12.1 Å². The van der Waals surface area contributed by atoms with Crippen LogP contribution in [0.15, 0.2) is 23.4 Å². The predicted octanol–water partition coefficient (Wildman–Crippen LogP) is 1.84. The molecule has 0 atom stereocenters. The van der Waals surface area contributed by atoms with E-state index in [1.807, 2.05) is 6.92 Å². The molecular formula is C14H18N4O3S. The predicted molar refractivity (Wildman–Crippen MR) is 88.7 cm³/mol. The largest absolute Gasteiger partial charge is 0.376 e. The number of carbonyl (C=O) groups excluding carboxylic acids is 2. The minimum atomic E-state index is -0.545. The van der Waals surface area contributed by atoms with E-state index in [9.17, 15) is 9.59 Å². The number of nitrogens with two attached hydrogens (primary N) is 1. The van der Waals surface area contributed by atoms with E-state index < -0.39 is 12.0 Å². The third kappa shape index (κ3) is 6.31. The van der Waals surface area contributed by atoms with E-state index in [1.54, 1.807) is 32.0 Å². The number of amides is 2. The quantitative estimate of drug-likeness (QED) is 0.339. The van der Waals surface area contributed by atoms with Crippen LogP contribution in [0.25, 0.3) is 0 Å². The lowest BCUT2D eigenvalue weighted by atomic mass is 10.1. The molecule has 0 heterocycles. The molecule has 118 valence electrons. The van der Waals surface area contributed by atoms with Crippen molar-refractivity contribution in [2.75, 3.05) is 5.32 Å². The van der Waals surface area contributed by atoms with E-state index >= 15 is 0 Å². The van der Waals surface area contributed by atoms with Crippen molar-refractivity contribution in [3.8, 4) is 0 Å². The Morgan fingerprint density at radius 1 is 1.36 bits per heavy atom. The molecule has 4 N–H and O–H groups in total. The Hall–Kier alpha value is -2.48. The molecule has 8 heteroatoms. The Kier molecular flexibility index (Phi) is 6.46. The van der Waals surface area contributed by atoms with Gasteiger partial charge in [-0.1, -0.05) is 11.2 Å². The topological polar surface area (TPSA) is 106 Å². The zero-order valence-corrected chi connectivity index (χ0v) is 13.4. The maximum Gasteiger partial charge on any atom is 0.339 e. The first-order valence-corrected chi connectivity index (χ1v) is 6.86. The number of benzene rings is 1. The van der Waals surface area contributed by atoms with E-state index in [0.717, 1.165) is 11.1 Å². The van der Waals surface area contributed by atoms with Crippen molar-refractivity contribution in [3.63, 3.8) is 0 Å². The van der Waals surface area contributed by atoms with Crippen molar-refractivity contribution in [2.45, 2.75) is 27.2 Å². The van der Waals surface area contributed by atoms with Crippen molar-refractivity contribution in [1.82, 2.24) is 5.32 Å². The van der Waals surface area contributed by atoms with Crippen LogP contribution in [0, 0.1) is 6.92 Å². The van der Waals surface area contributed by atoms with Crippen LogP contribution >= 0.6 is 12.2 Å². The van der Waals surface area contributed by atoms with Crippen LogP contribution in [-0.4, -0.2) is 22.8 Å². The molecule has 0 unspecified atom stereocenters. The summed E-state index contributed by atoms with van der Waals surface area (Å²) in [5, 5.41) is 8.30. The molecule has 0 aromatic heterocycles. The number of oxime groups is 1. The molecule has 0 aliphatic heterocycles. The first-order valence-electron chi connectivity index (χ1n) is 6.46.